The van der Waals surface area contributed by atoms with Crippen molar-refractivity contribution < 1.29 is 0 Å². The van der Waals surface area contributed by atoms with Crippen molar-refractivity contribution >= 4 is 48.6 Å². The van der Waals surface area contributed by atoms with Crippen LogP contribution < -0.4 is 9.36 Å². The van der Waals surface area contributed by atoms with Gasteiger partial charge >= 0.3 is 128 Å². The average Bonchev–Trinajstić information content (AvgIpc) is 3.00. The number of hydrogen-bond acceptors (Lipinski definition) is 3. The standard InChI is InChI=1S/C15H11NS2Se/c1-16-10-6-2-5-9-13(10)19-14(16)15-17-11-7-3-4-8-12(11)18-15/h2-9H,1H3. The van der Waals surface area contributed by atoms with Crippen molar-refractivity contribution in [1.29, 1.82) is 0 Å². The molecule has 4 rings (SSSR count). The molecule has 0 aliphatic carbocycles. The summed E-state index contributed by atoms with van der Waals surface area (Å²) in [5.41, 5.74) is 1.38. The molecule has 0 saturated carbocycles. The van der Waals surface area contributed by atoms with Crippen molar-refractivity contribution in [3.8, 4) is 0 Å². The normalized spacial score (nSPS) is 16.8. The van der Waals surface area contributed by atoms with Gasteiger partial charge in [0.15, 0.2) is 0 Å². The molecule has 2 aromatic rings. The summed E-state index contributed by atoms with van der Waals surface area (Å²) in [4.78, 5) is 5.17. The molecule has 0 saturated heterocycles. The first-order valence-electron chi connectivity index (χ1n) is 6.02. The number of hydrogen-bond donors (Lipinski definition) is 0. The second-order valence-corrected chi connectivity index (χ2v) is 8.90. The molecular formula is C15H11NS2Se. The molecule has 0 N–H and O–H groups in total. The zero-order valence-corrected chi connectivity index (χ0v) is 13.6. The minimum atomic E-state index is 0.433. The maximum absolute atomic E-state index is 2.37. The first kappa shape index (κ1) is 12.0. The minimum absolute atomic E-state index is 0.433. The fraction of sp³-hybridized carbons (Fsp3) is 0.0667. The van der Waals surface area contributed by atoms with Gasteiger partial charge in [0.05, 0.1) is 0 Å². The Kier molecular flexibility index (Phi) is 2.92. The van der Waals surface area contributed by atoms with Crippen molar-refractivity contribution in [3.05, 3.63) is 57.4 Å². The third-order valence-electron chi connectivity index (χ3n) is 3.17. The summed E-state index contributed by atoms with van der Waals surface area (Å²) >= 11 is 4.28. The maximum atomic E-state index is 2.37. The Morgan fingerprint density at radius 3 is 2.21 bits per heavy atom. The fourth-order valence-corrected chi connectivity index (χ4v) is 7.66. The van der Waals surface area contributed by atoms with Crippen molar-refractivity contribution in [2.45, 2.75) is 9.79 Å². The molecule has 2 heterocycles. The number of fused-ring (bicyclic) bond motifs is 2. The molecule has 0 aromatic heterocycles. The van der Waals surface area contributed by atoms with Crippen LogP contribution in [0.3, 0.4) is 0 Å². The first-order valence-corrected chi connectivity index (χ1v) is 9.37. The Morgan fingerprint density at radius 2 is 1.53 bits per heavy atom. The second-order valence-electron chi connectivity index (χ2n) is 4.37. The fourth-order valence-electron chi connectivity index (χ4n) is 2.21. The van der Waals surface area contributed by atoms with Crippen molar-refractivity contribution in [2.24, 2.45) is 0 Å². The molecule has 1 nitrogen and oxygen atoms in total. The summed E-state index contributed by atoms with van der Waals surface area (Å²) in [5, 5.41) is 0. The van der Waals surface area contributed by atoms with Crippen LogP contribution in [0.1, 0.15) is 0 Å². The van der Waals surface area contributed by atoms with Gasteiger partial charge in [0, 0.05) is 0 Å². The van der Waals surface area contributed by atoms with Crippen LogP contribution in [-0.4, -0.2) is 22.0 Å². The van der Waals surface area contributed by atoms with E-state index in [2.05, 4.69) is 60.5 Å². The molecule has 0 bridgehead atoms. The number of rotatable bonds is 0. The Morgan fingerprint density at radius 1 is 0.895 bits per heavy atom. The number of nitrogens with zero attached hydrogens (tertiary/aromatic N) is 1. The van der Waals surface area contributed by atoms with Gasteiger partial charge in [-0.15, -0.1) is 0 Å². The van der Waals surface area contributed by atoms with Crippen LogP contribution in [0.5, 0.6) is 0 Å². The zero-order valence-electron chi connectivity index (χ0n) is 10.3. The third kappa shape index (κ3) is 1.94. The van der Waals surface area contributed by atoms with Crippen LogP contribution in [0.4, 0.5) is 5.69 Å². The van der Waals surface area contributed by atoms with E-state index in [0.717, 1.165) is 0 Å². The molecular weight excluding hydrogens is 337 g/mol. The van der Waals surface area contributed by atoms with Gasteiger partial charge in [0.1, 0.15) is 0 Å². The van der Waals surface area contributed by atoms with Crippen LogP contribution in [0.2, 0.25) is 0 Å². The van der Waals surface area contributed by atoms with Crippen molar-refractivity contribution in [1.82, 2.24) is 0 Å². The van der Waals surface area contributed by atoms with E-state index >= 15 is 0 Å². The number of thioether (sulfide) groups is 2. The molecule has 94 valence electrons. The van der Waals surface area contributed by atoms with E-state index in [0.29, 0.717) is 15.0 Å². The molecule has 0 unspecified atom stereocenters. The molecule has 2 aliphatic rings. The molecule has 2 aromatic carbocycles. The van der Waals surface area contributed by atoms with Gasteiger partial charge in [-0.1, -0.05) is 0 Å². The molecule has 0 amide bonds. The predicted octanol–water partition coefficient (Wildman–Crippen LogP) is 3.49. The topological polar surface area (TPSA) is 3.24 Å². The summed E-state index contributed by atoms with van der Waals surface area (Å²) in [5.74, 6) is 0. The van der Waals surface area contributed by atoms with Gasteiger partial charge in [-0.25, -0.2) is 0 Å². The van der Waals surface area contributed by atoms with E-state index in [1.807, 2.05) is 23.5 Å². The number of para-hydroxylation sites is 1. The van der Waals surface area contributed by atoms with Gasteiger partial charge in [-0.3, -0.25) is 0 Å². The SMILES string of the molecule is CN1C(=C2Sc3ccccc3S2)[Se]c2ccccc21. The third-order valence-corrected chi connectivity index (χ3v) is 8.88. The first-order chi connectivity index (χ1) is 9.33. The van der Waals surface area contributed by atoms with E-state index in [1.165, 1.54) is 28.8 Å². The van der Waals surface area contributed by atoms with E-state index in [9.17, 15) is 0 Å². The predicted molar refractivity (Wildman–Crippen MR) is 85.4 cm³/mol. The Labute approximate surface area is 127 Å². The molecule has 19 heavy (non-hydrogen) atoms. The van der Waals surface area contributed by atoms with E-state index in [1.54, 1.807) is 0 Å². The quantitative estimate of drug-likeness (QED) is 0.671. The number of benzene rings is 2. The van der Waals surface area contributed by atoms with Crippen LogP contribution in [-0.2, 0) is 0 Å². The van der Waals surface area contributed by atoms with Crippen molar-refractivity contribution in [3.63, 3.8) is 0 Å². The zero-order chi connectivity index (χ0) is 12.8. The number of anilines is 1. The summed E-state index contributed by atoms with van der Waals surface area (Å²) in [6.07, 6.45) is 0. The van der Waals surface area contributed by atoms with Gasteiger partial charge in [-0.05, 0) is 0 Å². The molecule has 0 fully saturated rings. The molecule has 0 spiro atoms. The summed E-state index contributed by atoms with van der Waals surface area (Å²) in [7, 11) is 2.19. The molecule has 4 heteroatoms. The van der Waals surface area contributed by atoms with Crippen LogP contribution in [0, 0.1) is 0 Å². The van der Waals surface area contributed by atoms with Crippen LogP contribution in [0.15, 0.2) is 67.2 Å². The van der Waals surface area contributed by atoms with Gasteiger partial charge < -0.3 is 0 Å². The van der Waals surface area contributed by atoms with E-state index in [-0.39, 0.29) is 0 Å². The second kappa shape index (κ2) is 4.64. The van der Waals surface area contributed by atoms with Gasteiger partial charge in [-0.2, -0.15) is 0 Å². The van der Waals surface area contributed by atoms with Crippen LogP contribution in [0.25, 0.3) is 0 Å². The summed E-state index contributed by atoms with van der Waals surface area (Å²) in [6.45, 7) is 0. The average molecular weight is 348 g/mol. The summed E-state index contributed by atoms with van der Waals surface area (Å²) in [6, 6.07) is 17.4. The van der Waals surface area contributed by atoms with Gasteiger partial charge in [0.2, 0.25) is 0 Å². The summed E-state index contributed by atoms with van der Waals surface area (Å²) < 4.78 is 4.46. The van der Waals surface area contributed by atoms with E-state index < -0.39 is 0 Å². The Balaban J connectivity index is 1.75. The van der Waals surface area contributed by atoms with Gasteiger partial charge in [0.25, 0.3) is 0 Å². The van der Waals surface area contributed by atoms with Crippen molar-refractivity contribution in [2.75, 3.05) is 11.9 Å². The van der Waals surface area contributed by atoms with Crippen LogP contribution >= 0.6 is 23.5 Å². The molecule has 0 atom stereocenters. The molecule has 0 radical (unpaired) electrons. The van der Waals surface area contributed by atoms with E-state index in [4.69, 9.17) is 0 Å². The monoisotopic (exact) mass is 349 g/mol. The molecule has 2 aliphatic heterocycles. The Hall–Kier alpha value is -0.801. The Bertz CT molecular complexity index is 669.